The summed E-state index contributed by atoms with van der Waals surface area (Å²) in [5, 5.41) is 9.27. The first-order chi connectivity index (χ1) is 7.00. The second kappa shape index (κ2) is 4.94. The molecule has 0 amide bonds. The average molecular weight is 215 g/mol. The molecular formula is C11H21NO3. The van der Waals surface area contributed by atoms with Gasteiger partial charge < -0.3 is 9.84 Å². The van der Waals surface area contributed by atoms with Crippen LogP contribution in [0.5, 0.6) is 0 Å². The van der Waals surface area contributed by atoms with Gasteiger partial charge >= 0.3 is 5.97 Å². The molecule has 1 atom stereocenters. The third-order valence-corrected chi connectivity index (χ3v) is 3.33. The first-order valence-electron chi connectivity index (χ1n) is 5.44. The highest BCUT2D eigenvalue weighted by molar-refractivity contribution is 5.78. The van der Waals surface area contributed by atoms with Gasteiger partial charge in [0, 0.05) is 20.3 Å². The molecule has 0 radical (unpaired) electrons. The van der Waals surface area contributed by atoms with E-state index >= 15 is 0 Å². The second-order valence-electron chi connectivity index (χ2n) is 4.65. The summed E-state index contributed by atoms with van der Waals surface area (Å²) in [7, 11) is 3.49. The van der Waals surface area contributed by atoms with Crippen LogP contribution in [0.2, 0.25) is 0 Å². The first kappa shape index (κ1) is 12.5. The standard InChI is InChI=1S/C11H21NO3/c1-11(10(13)14,6-7-15-3)12(2)8-9-4-5-9/h9H,4-8H2,1-3H3,(H,13,14). The SMILES string of the molecule is COCCC(C)(C(=O)O)N(C)CC1CC1. The smallest absolute Gasteiger partial charge is 0.323 e. The quantitative estimate of drug-likeness (QED) is 0.693. The van der Waals surface area contributed by atoms with Crippen molar-refractivity contribution in [1.29, 1.82) is 0 Å². The number of nitrogens with zero attached hydrogens (tertiary/aromatic N) is 1. The molecule has 0 spiro atoms. The van der Waals surface area contributed by atoms with Crippen LogP contribution < -0.4 is 0 Å². The number of hydrogen-bond acceptors (Lipinski definition) is 3. The molecule has 1 aliphatic carbocycles. The van der Waals surface area contributed by atoms with Gasteiger partial charge in [-0.2, -0.15) is 0 Å². The first-order valence-corrected chi connectivity index (χ1v) is 5.44. The number of hydrogen-bond donors (Lipinski definition) is 1. The van der Waals surface area contributed by atoms with Crippen LogP contribution in [0.3, 0.4) is 0 Å². The molecule has 0 heterocycles. The largest absolute Gasteiger partial charge is 0.480 e. The summed E-state index contributed by atoms with van der Waals surface area (Å²) in [6, 6.07) is 0. The molecule has 0 bridgehead atoms. The molecule has 1 fully saturated rings. The van der Waals surface area contributed by atoms with Gasteiger partial charge in [0.1, 0.15) is 5.54 Å². The Kier molecular flexibility index (Phi) is 4.11. The molecule has 1 unspecified atom stereocenters. The van der Waals surface area contributed by atoms with Crippen LogP contribution in [-0.4, -0.2) is 48.8 Å². The van der Waals surface area contributed by atoms with Crippen molar-refractivity contribution in [2.75, 3.05) is 27.3 Å². The Morgan fingerprint density at radius 2 is 2.20 bits per heavy atom. The van der Waals surface area contributed by atoms with Gasteiger partial charge in [0.25, 0.3) is 0 Å². The van der Waals surface area contributed by atoms with E-state index in [1.807, 2.05) is 11.9 Å². The topological polar surface area (TPSA) is 49.8 Å². The van der Waals surface area contributed by atoms with E-state index in [0.717, 1.165) is 6.54 Å². The third-order valence-electron chi connectivity index (χ3n) is 3.33. The van der Waals surface area contributed by atoms with Crippen molar-refractivity contribution in [3.05, 3.63) is 0 Å². The van der Waals surface area contributed by atoms with Gasteiger partial charge in [0.2, 0.25) is 0 Å². The normalized spacial score (nSPS) is 20.3. The molecule has 0 aromatic heterocycles. The Morgan fingerprint density at radius 1 is 1.60 bits per heavy atom. The van der Waals surface area contributed by atoms with Gasteiger partial charge in [0.15, 0.2) is 0 Å². The van der Waals surface area contributed by atoms with Crippen molar-refractivity contribution in [3.8, 4) is 0 Å². The summed E-state index contributed by atoms with van der Waals surface area (Å²) in [6.07, 6.45) is 3.01. The number of ether oxygens (including phenoxy) is 1. The number of likely N-dealkylation sites (N-methyl/N-ethyl adjacent to an activating group) is 1. The number of rotatable bonds is 7. The van der Waals surface area contributed by atoms with E-state index in [2.05, 4.69) is 0 Å². The second-order valence-corrected chi connectivity index (χ2v) is 4.65. The fraction of sp³-hybridized carbons (Fsp3) is 0.909. The van der Waals surface area contributed by atoms with E-state index < -0.39 is 11.5 Å². The van der Waals surface area contributed by atoms with E-state index in [-0.39, 0.29) is 0 Å². The zero-order valence-corrected chi connectivity index (χ0v) is 9.82. The molecule has 4 heteroatoms. The number of methoxy groups -OCH3 is 1. The van der Waals surface area contributed by atoms with Crippen molar-refractivity contribution < 1.29 is 14.6 Å². The fourth-order valence-electron chi connectivity index (χ4n) is 1.65. The molecule has 0 saturated heterocycles. The van der Waals surface area contributed by atoms with Crippen LogP contribution in [0.4, 0.5) is 0 Å². The number of carboxylic acids is 1. The lowest BCUT2D eigenvalue weighted by Gasteiger charge is -2.35. The summed E-state index contributed by atoms with van der Waals surface area (Å²) >= 11 is 0. The van der Waals surface area contributed by atoms with Gasteiger partial charge in [-0.05, 0) is 39.2 Å². The van der Waals surface area contributed by atoms with E-state index in [4.69, 9.17) is 4.74 Å². The zero-order chi connectivity index (χ0) is 11.5. The lowest BCUT2D eigenvalue weighted by atomic mass is 9.96. The molecule has 1 N–H and O–H groups in total. The van der Waals surface area contributed by atoms with Crippen LogP contribution in [0.25, 0.3) is 0 Å². The van der Waals surface area contributed by atoms with Crippen molar-refractivity contribution in [2.24, 2.45) is 5.92 Å². The van der Waals surface area contributed by atoms with Gasteiger partial charge in [0.05, 0.1) is 0 Å². The summed E-state index contributed by atoms with van der Waals surface area (Å²) in [5.41, 5.74) is -0.793. The molecule has 4 nitrogen and oxygen atoms in total. The third kappa shape index (κ3) is 3.18. The molecule has 0 aliphatic heterocycles. The molecule has 88 valence electrons. The van der Waals surface area contributed by atoms with Crippen LogP contribution >= 0.6 is 0 Å². The molecule has 15 heavy (non-hydrogen) atoms. The number of carboxylic acid groups (broad SMARTS) is 1. The van der Waals surface area contributed by atoms with Gasteiger partial charge in [-0.1, -0.05) is 0 Å². The maximum absolute atomic E-state index is 11.3. The molecule has 0 aromatic rings. The summed E-state index contributed by atoms with van der Waals surface area (Å²) in [6.45, 7) is 3.14. The lowest BCUT2D eigenvalue weighted by molar-refractivity contribution is -0.151. The van der Waals surface area contributed by atoms with Gasteiger partial charge in [-0.3, -0.25) is 9.69 Å². The van der Waals surface area contributed by atoms with Crippen LogP contribution in [-0.2, 0) is 9.53 Å². The fourth-order valence-corrected chi connectivity index (χ4v) is 1.65. The van der Waals surface area contributed by atoms with Gasteiger partial charge in [-0.15, -0.1) is 0 Å². The maximum atomic E-state index is 11.3. The van der Waals surface area contributed by atoms with E-state index in [9.17, 15) is 9.90 Å². The predicted octanol–water partition coefficient (Wildman–Crippen LogP) is 1.21. The van der Waals surface area contributed by atoms with Crippen molar-refractivity contribution in [1.82, 2.24) is 4.90 Å². The Bertz CT molecular complexity index is 228. The van der Waals surface area contributed by atoms with E-state index in [1.165, 1.54) is 12.8 Å². The predicted molar refractivity (Wildman–Crippen MR) is 57.9 cm³/mol. The summed E-state index contributed by atoms with van der Waals surface area (Å²) < 4.78 is 4.97. The number of carbonyl (C=O) groups is 1. The average Bonchev–Trinajstić information content (AvgIpc) is 2.97. The summed E-state index contributed by atoms with van der Waals surface area (Å²) in [4.78, 5) is 13.2. The van der Waals surface area contributed by atoms with Crippen LogP contribution in [0.1, 0.15) is 26.2 Å². The highest BCUT2D eigenvalue weighted by Crippen LogP contribution is 2.32. The molecule has 1 saturated carbocycles. The lowest BCUT2D eigenvalue weighted by Crippen LogP contribution is -2.51. The number of aliphatic carboxylic acids is 1. The van der Waals surface area contributed by atoms with Crippen molar-refractivity contribution >= 4 is 5.97 Å². The minimum Gasteiger partial charge on any atom is -0.480 e. The van der Waals surface area contributed by atoms with E-state index in [0.29, 0.717) is 18.9 Å². The molecule has 1 aliphatic rings. The Labute approximate surface area is 91.2 Å². The zero-order valence-electron chi connectivity index (χ0n) is 9.82. The molecular weight excluding hydrogens is 194 g/mol. The minimum atomic E-state index is -0.793. The Morgan fingerprint density at radius 3 is 2.60 bits per heavy atom. The van der Waals surface area contributed by atoms with E-state index in [1.54, 1.807) is 14.0 Å². The Hall–Kier alpha value is -0.610. The maximum Gasteiger partial charge on any atom is 0.323 e. The van der Waals surface area contributed by atoms with Gasteiger partial charge in [-0.25, -0.2) is 0 Å². The van der Waals surface area contributed by atoms with Crippen LogP contribution in [0.15, 0.2) is 0 Å². The van der Waals surface area contributed by atoms with Crippen molar-refractivity contribution in [2.45, 2.75) is 31.7 Å². The highest BCUT2D eigenvalue weighted by Gasteiger charge is 2.39. The molecule has 0 aromatic carbocycles. The molecule has 1 rings (SSSR count). The highest BCUT2D eigenvalue weighted by atomic mass is 16.5. The monoisotopic (exact) mass is 215 g/mol. The van der Waals surface area contributed by atoms with Crippen LogP contribution in [0, 0.1) is 5.92 Å². The van der Waals surface area contributed by atoms with Crippen molar-refractivity contribution in [3.63, 3.8) is 0 Å². The minimum absolute atomic E-state index is 0.484. The Balaban J connectivity index is 2.55. The summed E-state index contributed by atoms with van der Waals surface area (Å²) in [5.74, 6) is -0.0566.